The highest BCUT2D eigenvalue weighted by atomic mass is 32.1. The molecule has 0 radical (unpaired) electrons. The number of piperidine rings is 1. The maximum Gasteiger partial charge on any atom is 0.414 e. The van der Waals surface area contributed by atoms with Gasteiger partial charge in [0.25, 0.3) is 0 Å². The van der Waals surface area contributed by atoms with E-state index in [0.29, 0.717) is 25.1 Å². The van der Waals surface area contributed by atoms with Crippen molar-refractivity contribution in [2.45, 2.75) is 65.0 Å². The monoisotopic (exact) mass is 566 g/mol. The first-order valence-corrected chi connectivity index (χ1v) is 14.4. The first-order valence-electron chi connectivity index (χ1n) is 13.6. The number of aromatic nitrogens is 1. The molecule has 3 atom stereocenters. The molecule has 8 nitrogen and oxygen atoms in total. The molecule has 40 heavy (non-hydrogen) atoms. The first kappa shape index (κ1) is 29.6. The fourth-order valence-electron chi connectivity index (χ4n) is 5.57. The van der Waals surface area contributed by atoms with Crippen molar-refractivity contribution in [2.75, 3.05) is 19.7 Å². The summed E-state index contributed by atoms with van der Waals surface area (Å²) >= 11 is 1.99. The number of allylic oxidation sites excluding steroid dienone is 3. The lowest BCUT2D eigenvalue weighted by molar-refractivity contribution is -0.159. The summed E-state index contributed by atoms with van der Waals surface area (Å²) in [4.78, 5) is 27.0. The molecule has 5 rings (SSSR count). The van der Waals surface area contributed by atoms with Crippen molar-refractivity contribution in [2.24, 2.45) is 0 Å². The molecular weight excluding hydrogens is 528 g/mol. The van der Waals surface area contributed by atoms with Gasteiger partial charge in [0.1, 0.15) is 18.5 Å². The Hall–Kier alpha value is -3.40. The minimum Gasteiger partial charge on any atom is -0.490 e. The van der Waals surface area contributed by atoms with Crippen LogP contribution in [0.15, 0.2) is 47.6 Å². The summed E-state index contributed by atoms with van der Waals surface area (Å²) in [6.45, 7) is 10.8. The van der Waals surface area contributed by atoms with Gasteiger partial charge in [0.15, 0.2) is 0 Å². The Labute approximate surface area is 238 Å². The second-order valence-electron chi connectivity index (χ2n) is 10.9. The van der Waals surface area contributed by atoms with E-state index in [0.717, 1.165) is 48.2 Å². The van der Waals surface area contributed by atoms with Gasteiger partial charge in [0, 0.05) is 38.9 Å². The summed E-state index contributed by atoms with van der Waals surface area (Å²) in [7, 11) is 0. The fraction of sp³-hybridized carbons (Fsp3) is 0.419. The molecule has 0 bridgehead atoms. The molecule has 2 aliphatic rings. The fourth-order valence-corrected chi connectivity index (χ4v) is 6.91. The number of fused-ring (bicyclic) bond motifs is 2. The van der Waals surface area contributed by atoms with Crippen LogP contribution in [0.1, 0.15) is 60.5 Å². The van der Waals surface area contributed by atoms with E-state index in [1.807, 2.05) is 30.4 Å². The van der Waals surface area contributed by atoms with E-state index in [4.69, 9.17) is 24.5 Å². The van der Waals surface area contributed by atoms with Crippen LogP contribution in [0.5, 0.6) is 5.75 Å². The van der Waals surface area contributed by atoms with Crippen LogP contribution in [0.4, 0.5) is 0 Å². The smallest absolute Gasteiger partial charge is 0.414 e. The number of aliphatic hydroxyl groups is 1. The predicted molar refractivity (Wildman–Crippen MR) is 158 cm³/mol. The number of aliphatic carboxylic acids is 2. The Bertz CT molecular complexity index is 1420. The Balaban J connectivity index is 0.000000557. The number of nitrogens with zero attached hydrogens (tertiary/aromatic N) is 1. The average Bonchev–Trinajstić information content (AvgIpc) is 3.42. The number of carboxylic acids is 2. The number of nitrogens with one attached hydrogen (secondary N) is 1. The van der Waals surface area contributed by atoms with Crippen molar-refractivity contribution in [3.63, 3.8) is 0 Å². The van der Waals surface area contributed by atoms with Gasteiger partial charge in [-0.3, -0.25) is 4.90 Å². The lowest BCUT2D eigenvalue weighted by atomic mass is 9.89. The lowest BCUT2D eigenvalue weighted by Crippen LogP contribution is -2.45. The number of aliphatic hydroxyl groups excluding tert-OH is 1. The lowest BCUT2D eigenvalue weighted by Gasteiger charge is -2.38. The number of β-amino-alcohol motifs (C(OH)–C–C–N with tert-alkyl or cyclic N) is 1. The van der Waals surface area contributed by atoms with Crippen molar-refractivity contribution in [1.29, 1.82) is 0 Å². The maximum absolute atomic E-state index is 10.7. The number of aromatic amines is 1. The second-order valence-corrected chi connectivity index (χ2v) is 12.0. The minimum atomic E-state index is -1.82. The summed E-state index contributed by atoms with van der Waals surface area (Å²) in [6, 6.07) is 11.0. The van der Waals surface area contributed by atoms with E-state index in [1.165, 1.54) is 26.5 Å². The molecule has 1 aliphatic heterocycles. The second kappa shape index (κ2) is 12.8. The molecule has 0 amide bonds. The molecule has 3 aromatic rings. The van der Waals surface area contributed by atoms with Crippen LogP contribution in [-0.2, 0) is 16.0 Å². The number of rotatable bonds is 6. The van der Waals surface area contributed by atoms with Crippen LogP contribution in [0.2, 0.25) is 0 Å². The van der Waals surface area contributed by atoms with Gasteiger partial charge in [0.05, 0.1) is 0 Å². The molecule has 214 valence electrons. The molecule has 1 aliphatic carbocycles. The summed E-state index contributed by atoms with van der Waals surface area (Å²) < 4.78 is 6.03. The zero-order chi connectivity index (χ0) is 29.0. The largest absolute Gasteiger partial charge is 0.490 e. The number of thiophene rings is 1. The molecule has 2 aromatic heterocycles. The molecule has 1 saturated heterocycles. The van der Waals surface area contributed by atoms with Gasteiger partial charge in [-0.2, -0.15) is 0 Å². The Morgan fingerprint density at radius 3 is 2.60 bits per heavy atom. The zero-order valence-corrected chi connectivity index (χ0v) is 24.3. The number of likely N-dealkylation sites (tertiary alicyclic amines) is 1. The summed E-state index contributed by atoms with van der Waals surface area (Å²) in [5, 5.41) is 26.6. The third kappa shape index (κ3) is 7.41. The van der Waals surface area contributed by atoms with Gasteiger partial charge in [0.2, 0.25) is 0 Å². The molecule has 1 fully saturated rings. The SMILES string of the molecule is CC1=Cc2sc(C3CCN(CC(O)COc4cccc5[nH]c(C)cc45)[C@@H](C)C3)cc2CC(C)=C1.O=C(O)C(=O)O. The number of aryl methyl sites for hydroxylation is 1. The molecule has 4 N–H and O–H groups in total. The van der Waals surface area contributed by atoms with Crippen LogP contribution < -0.4 is 4.74 Å². The molecule has 3 heterocycles. The molecule has 1 aromatic carbocycles. The normalized spacial score (nSPS) is 19.9. The minimum absolute atomic E-state index is 0.312. The van der Waals surface area contributed by atoms with Crippen LogP contribution in [0.25, 0.3) is 17.0 Å². The van der Waals surface area contributed by atoms with Crippen molar-refractivity contribution in [3.8, 4) is 5.75 Å². The number of H-pyrrole nitrogens is 1. The van der Waals surface area contributed by atoms with Gasteiger partial charge in [-0.15, -0.1) is 11.3 Å². The first-order chi connectivity index (χ1) is 19.0. The van der Waals surface area contributed by atoms with Crippen LogP contribution in [0, 0.1) is 6.92 Å². The summed E-state index contributed by atoms with van der Waals surface area (Å²) in [5.74, 6) is -2.20. The topological polar surface area (TPSA) is 123 Å². The van der Waals surface area contributed by atoms with E-state index in [-0.39, 0.29) is 0 Å². The van der Waals surface area contributed by atoms with E-state index < -0.39 is 18.0 Å². The van der Waals surface area contributed by atoms with Gasteiger partial charge in [-0.25, -0.2) is 9.59 Å². The van der Waals surface area contributed by atoms with E-state index in [9.17, 15) is 5.11 Å². The third-order valence-electron chi connectivity index (χ3n) is 7.40. The van der Waals surface area contributed by atoms with Gasteiger partial charge < -0.3 is 25.0 Å². The average molecular weight is 567 g/mol. The van der Waals surface area contributed by atoms with Crippen molar-refractivity contribution in [1.82, 2.24) is 9.88 Å². The highest BCUT2D eigenvalue weighted by molar-refractivity contribution is 7.13. The third-order valence-corrected chi connectivity index (χ3v) is 8.68. The quantitative estimate of drug-likeness (QED) is 0.286. The zero-order valence-electron chi connectivity index (χ0n) is 23.4. The number of hydrogen-bond acceptors (Lipinski definition) is 6. The van der Waals surface area contributed by atoms with Crippen molar-refractivity contribution < 1.29 is 29.6 Å². The molecule has 2 unspecified atom stereocenters. The van der Waals surface area contributed by atoms with Crippen molar-refractivity contribution in [3.05, 3.63) is 68.6 Å². The highest BCUT2D eigenvalue weighted by Gasteiger charge is 2.29. The van der Waals surface area contributed by atoms with E-state index >= 15 is 0 Å². The molecular formula is C31H38N2O6S. The Kier molecular flexibility index (Phi) is 9.50. The number of hydrogen-bond donors (Lipinski definition) is 4. The van der Waals surface area contributed by atoms with Crippen LogP contribution in [-0.4, -0.2) is 69.0 Å². The summed E-state index contributed by atoms with van der Waals surface area (Å²) in [5.41, 5.74) is 6.47. The van der Waals surface area contributed by atoms with E-state index in [2.05, 4.69) is 61.0 Å². The van der Waals surface area contributed by atoms with Gasteiger partial charge >= 0.3 is 11.9 Å². The molecule has 0 spiro atoms. The van der Waals surface area contributed by atoms with E-state index in [1.54, 1.807) is 0 Å². The van der Waals surface area contributed by atoms with Gasteiger partial charge in [-0.05, 0) is 101 Å². The number of benzene rings is 1. The highest BCUT2D eigenvalue weighted by Crippen LogP contribution is 2.39. The molecule has 9 heteroatoms. The number of carbonyl (C=O) groups is 2. The number of carboxylic acid groups (broad SMARTS) is 2. The Morgan fingerprint density at radius 1 is 1.15 bits per heavy atom. The van der Waals surface area contributed by atoms with Crippen LogP contribution in [0.3, 0.4) is 0 Å². The number of ether oxygens (including phenoxy) is 1. The standard InChI is InChI=1S/C29H36N2O2S.C2H2O4/c1-18-10-19(2)12-28-23(11-18)15-29(34-28)22-8-9-31(21(4)14-22)16-24(32)17-33-27-7-5-6-26-25(27)13-20(3)30-26;3-1(4)2(5)6/h5-7,10,12-13,15,21-22,24,30,32H,8-9,11,14,16-17H2,1-4H3;(H,3,4)(H,5,6)/t21-,22?,24?;/m0./s1. The Morgan fingerprint density at radius 2 is 1.90 bits per heavy atom. The predicted octanol–water partition coefficient (Wildman–Crippen LogP) is 5.61. The maximum atomic E-state index is 10.7. The van der Waals surface area contributed by atoms with Gasteiger partial charge in [-0.1, -0.05) is 17.7 Å². The van der Waals surface area contributed by atoms with Crippen LogP contribution >= 0.6 is 11.3 Å². The summed E-state index contributed by atoms with van der Waals surface area (Å²) in [6.07, 6.45) is 7.51. The molecule has 0 saturated carbocycles. The van der Waals surface area contributed by atoms with Crippen molar-refractivity contribution >= 4 is 40.3 Å².